The summed E-state index contributed by atoms with van der Waals surface area (Å²) in [5, 5.41) is 7.18. The summed E-state index contributed by atoms with van der Waals surface area (Å²) >= 11 is 1.62. The van der Waals surface area contributed by atoms with Crippen LogP contribution in [0.3, 0.4) is 0 Å². The van der Waals surface area contributed by atoms with Crippen molar-refractivity contribution in [3.05, 3.63) is 58.2 Å². The molecule has 1 amide bonds. The number of rotatable bonds is 3. The molecule has 0 radical (unpaired) electrons. The predicted molar refractivity (Wildman–Crippen MR) is 94.9 cm³/mol. The zero-order valence-corrected chi connectivity index (χ0v) is 14.1. The molecule has 0 unspecified atom stereocenters. The zero-order valence-electron chi connectivity index (χ0n) is 13.2. The number of anilines is 1. The molecule has 5 nitrogen and oxygen atoms in total. The first-order valence-electron chi connectivity index (χ1n) is 8.19. The molecule has 24 heavy (non-hydrogen) atoms. The van der Waals surface area contributed by atoms with E-state index in [4.69, 9.17) is 0 Å². The number of amides is 1. The van der Waals surface area contributed by atoms with Crippen LogP contribution in [0, 0.1) is 0 Å². The fourth-order valence-corrected chi connectivity index (χ4v) is 4.18. The highest BCUT2D eigenvalue weighted by molar-refractivity contribution is 7.14. The number of hydrogen-bond donors (Lipinski definition) is 1. The van der Waals surface area contributed by atoms with Crippen LogP contribution in [0.2, 0.25) is 0 Å². The highest BCUT2D eigenvalue weighted by Crippen LogP contribution is 2.29. The number of fused-ring (bicyclic) bond motifs is 1. The van der Waals surface area contributed by atoms with Crippen LogP contribution in [0.1, 0.15) is 39.4 Å². The fourth-order valence-electron chi connectivity index (χ4n) is 3.03. The predicted octanol–water partition coefficient (Wildman–Crippen LogP) is 3.85. The monoisotopic (exact) mass is 338 g/mol. The maximum absolute atomic E-state index is 12.7. The lowest BCUT2D eigenvalue weighted by Gasteiger charge is -2.09. The van der Waals surface area contributed by atoms with Crippen molar-refractivity contribution in [2.24, 2.45) is 0 Å². The van der Waals surface area contributed by atoms with Crippen molar-refractivity contribution < 1.29 is 4.79 Å². The molecule has 3 heterocycles. The lowest BCUT2D eigenvalue weighted by molar-refractivity contribution is 0.103. The van der Waals surface area contributed by atoms with Crippen LogP contribution in [0.15, 0.2) is 42.9 Å². The third kappa shape index (κ3) is 2.97. The number of nitrogens with zero attached hydrogens (tertiary/aromatic N) is 3. The van der Waals surface area contributed by atoms with Crippen molar-refractivity contribution in [1.29, 1.82) is 0 Å². The van der Waals surface area contributed by atoms with Gasteiger partial charge in [0.2, 0.25) is 0 Å². The molecule has 122 valence electrons. The first kappa shape index (κ1) is 15.1. The van der Waals surface area contributed by atoms with Crippen LogP contribution < -0.4 is 5.32 Å². The molecule has 0 bridgehead atoms. The lowest BCUT2D eigenvalue weighted by Crippen LogP contribution is -2.13. The Hall–Kier alpha value is -2.47. The Labute approximate surface area is 144 Å². The molecular formula is C18H18N4OS. The number of carbonyl (C=O) groups excluding carboxylic acids is 1. The average molecular weight is 338 g/mol. The summed E-state index contributed by atoms with van der Waals surface area (Å²) in [5.74, 6) is 0.545. The Bertz CT molecular complexity index is 830. The van der Waals surface area contributed by atoms with Gasteiger partial charge in [-0.2, -0.15) is 5.10 Å². The lowest BCUT2D eigenvalue weighted by atomic mass is 10.1. The molecule has 1 aliphatic carbocycles. The number of nitrogens with one attached hydrogen (secondary N) is 1. The quantitative estimate of drug-likeness (QED) is 0.738. The van der Waals surface area contributed by atoms with E-state index in [1.807, 2.05) is 24.4 Å². The van der Waals surface area contributed by atoms with Gasteiger partial charge in [0.05, 0.1) is 10.6 Å². The van der Waals surface area contributed by atoms with Crippen LogP contribution in [-0.2, 0) is 12.8 Å². The van der Waals surface area contributed by atoms with E-state index in [0.29, 0.717) is 11.5 Å². The Morgan fingerprint density at radius 2 is 2.08 bits per heavy atom. The SMILES string of the molecule is O=C(Nc1cccnc1-n1cccn1)c1cc2c(s1)CCCCC2. The first-order valence-corrected chi connectivity index (χ1v) is 9.01. The van der Waals surface area contributed by atoms with Gasteiger partial charge < -0.3 is 5.32 Å². The van der Waals surface area contributed by atoms with Crippen LogP contribution in [-0.4, -0.2) is 20.7 Å². The Kier molecular flexibility index (Phi) is 4.13. The smallest absolute Gasteiger partial charge is 0.265 e. The summed E-state index contributed by atoms with van der Waals surface area (Å²) in [6.45, 7) is 0. The van der Waals surface area contributed by atoms with Gasteiger partial charge in [-0.3, -0.25) is 4.79 Å². The normalized spacial score (nSPS) is 14.0. The summed E-state index contributed by atoms with van der Waals surface area (Å²) < 4.78 is 1.65. The van der Waals surface area contributed by atoms with Gasteiger partial charge >= 0.3 is 0 Å². The van der Waals surface area contributed by atoms with Gasteiger partial charge in [0.25, 0.3) is 5.91 Å². The van der Waals surface area contributed by atoms with E-state index in [2.05, 4.69) is 21.5 Å². The molecule has 0 atom stereocenters. The van der Waals surface area contributed by atoms with E-state index in [1.54, 1.807) is 28.4 Å². The molecule has 0 fully saturated rings. The summed E-state index contributed by atoms with van der Waals surface area (Å²) in [4.78, 5) is 19.2. The van der Waals surface area contributed by atoms with Gasteiger partial charge in [-0.05, 0) is 55.5 Å². The first-order chi connectivity index (χ1) is 11.8. The van der Waals surface area contributed by atoms with Gasteiger partial charge in [-0.1, -0.05) is 6.42 Å². The van der Waals surface area contributed by atoms with E-state index < -0.39 is 0 Å². The number of thiophene rings is 1. The van der Waals surface area contributed by atoms with Gasteiger partial charge in [0.15, 0.2) is 5.82 Å². The third-order valence-corrected chi connectivity index (χ3v) is 5.46. The van der Waals surface area contributed by atoms with Crippen molar-refractivity contribution in [3.8, 4) is 5.82 Å². The molecule has 0 saturated carbocycles. The minimum Gasteiger partial charge on any atom is -0.318 e. The topological polar surface area (TPSA) is 59.8 Å². The second kappa shape index (κ2) is 6.57. The van der Waals surface area contributed by atoms with Crippen molar-refractivity contribution in [2.75, 3.05) is 5.32 Å². The summed E-state index contributed by atoms with van der Waals surface area (Å²) in [6.07, 6.45) is 11.1. The highest BCUT2D eigenvalue weighted by atomic mass is 32.1. The number of hydrogen-bond acceptors (Lipinski definition) is 4. The van der Waals surface area contributed by atoms with Gasteiger partial charge in [-0.15, -0.1) is 11.3 Å². The largest absolute Gasteiger partial charge is 0.318 e. The van der Waals surface area contributed by atoms with E-state index in [0.717, 1.165) is 17.7 Å². The maximum atomic E-state index is 12.7. The van der Waals surface area contributed by atoms with Crippen molar-refractivity contribution >= 4 is 22.9 Å². The van der Waals surface area contributed by atoms with Crippen molar-refractivity contribution in [3.63, 3.8) is 0 Å². The van der Waals surface area contributed by atoms with Gasteiger partial charge in [-0.25, -0.2) is 9.67 Å². The molecule has 1 N–H and O–H groups in total. The number of carbonyl (C=O) groups is 1. The molecule has 3 aromatic heterocycles. The molecule has 0 spiro atoms. The molecule has 3 aromatic rings. The van der Waals surface area contributed by atoms with Gasteiger partial charge in [0, 0.05) is 23.5 Å². The number of aryl methyl sites for hydroxylation is 2. The van der Waals surface area contributed by atoms with Gasteiger partial charge in [0.1, 0.15) is 0 Å². The van der Waals surface area contributed by atoms with E-state index in [-0.39, 0.29) is 5.91 Å². The molecule has 6 heteroatoms. The van der Waals surface area contributed by atoms with Crippen molar-refractivity contribution in [1.82, 2.24) is 14.8 Å². The standard InChI is InChI=1S/C18H18N4OS/c23-18(16-12-13-6-2-1-3-8-15(13)24-16)21-14-7-4-9-19-17(14)22-11-5-10-20-22/h4-5,7,9-12H,1-3,6,8H2,(H,21,23). The molecule has 0 saturated heterocycles. The van der Waals surface area contributed by atoms with Crippen LogP contribution >= 0.6 is 11.3 Å². The number of pyridine rings is 1. The second-order valence-electron chi connectivity index (χ2n) is 5.90. The van der Waals surface area contributed by atoms with E-state index in [1.165, 1.54) is 29.7 Å². The van der Waals surface area contributed by atoms with E-state index >= 15 is 0 Å². The average Bonchev–Trinajstić information content (AvgIpc) is 3.22. The van der Waals surface area contributed by atoms with Crippen LogP contribution in [0.4, 0.5) is 5.69 Å². The van der Waals surface area contributed by atoms with E-state index in [9.17, 15) is 4.79 Å². The zero-order chi connectivity index (χ0) is 16.4. The Morgan fingerprint density at radius 3 is 2.96 bits per heavy atom. The summed E-state index contributed by atoms with van der Waals surface area (Å²) in [7, 11) is 0. The third-order valence-electron chi connectivity index (χ3n) is 4.23. The number of aromatic nitrogens is 3. The minimum absolute atomic E-state index is 0.0746. The molecule has 1 aliphatic rings. The summed E-state index contributed by atoms with van der Waals surface area (Å²) in [5.41, 5.74) is 2.01. The molecule has 0 aromatic carbocycles. The molecular weight excluding hydrogens is 320 g/mol. The highest BCUT2D eigenvalue weighted by Gasteiger charge is 2.18. The van der Waals surface area contributed by atoms with Crippen LogP contribution in [0.25, 0.3) is 5.82 Å². The molecule has 4 rings (SSSR count). The van der Waals surface area contributed by atoms with Crippen LogP contribution in [0.5, 0.6) is 0 Å². The fraction of sp³-hybridized carbons (Fsp3) is 0.278. The minimum atomic E-state index is -0.0746. The Morgan fingerprint density at radius 1 is 1.17 bits per heavy atom. The molecule has 0 aliphatic heterocycles. The Balaban J connectivity index is 1.59. The maximum Gasteiger partial charge on any atom is 0.265 e. The second-order valence-corrected chi connectivity index (χ2v) is 7.04. The summed E-state index contributed by atoms with van der Waals surface area (Å²) in [6, 6.07) is 7.55. The van der Waals surface area contributed by atoms with Crippen molar-refractivity contribution in [2.45, 2.75) is 32.1 Å².